The Bertz CT molecular complexity index is 1450. The standard InChI is InChI=1S/C37H44N2.3C2H6.C2H4/c1-8-25-37(7,9-2)31-24-23-29(36(4,5)6)26-35(31)39-27(3)38(33-21-15-16-22-34(33)39)32-20-14-13-19-30(32)28-17-11-10-12-18-28;4*1-2/h10-24,26-27H,8-9,25H2,1-7H3;3*1-2H3;1-2H2. The summed E-state index contributed by atoms with van der Waals surface area (Å²) in [4.78, 5) is 5.14. The third kappa shape index (κ3) is 9.19. The van der Waals surface area contributed by atoms with E-state index in [9.17, 15) is 0 Å². The predicted octanol–water partition coefficient (Wildman–Crippen LogP) is 14.6. The van der Waals surface area contributed by atoms with Gasteiger partial charge in [-0.25, -0.2) is 0 Å². The molecule has 0 spiro atoms. The van der Waals surface area contributed by atoms with Gasteiger partial charge in [-0.2, -0.15) is 0 Å². The molecule has 0 radical (unpaired) electrons. The van der Waals surface area contributed by atoms with Crippen LogP contribution in [0.2, 0.25) is 0 Å². The van der Waals surface area contributed by atoms with Gasteiger partial charge in [0.1, 0.15) is 6.17 Å². The van der Waals surface area contributed by atoms with E-state index in [4.69, 9.17) is 0 Å². The van der Waals surface area contributed by atoms with Gasteiger partial charge in [0.25, 0.3) is 0 Å². The van der Waals surface area contributed by atoms with Crippen molar-refractivity contribution >= 4 is 22.7 Å². The van der Waals surface area contributed by atoms with Crippen LogP contribution in [0.1, 0.15) is 120 Å². The molecule has 1 aliphatic heterocycles. The largest absolute Gasteiger partial charge is 0.318 e. The highest BCUT2D eigenvalue weighted by atomic mass is 15.4. The summed E-state index contributed by atoms with van der Waals surface area (Å²) in [6.07, 6.45) is 3.58. The molecule has 47 heavy (non-hydrogen) atoms. The van der Waals surface area contributed by atoms with E-state index in [1.165, 1.54) is 57.8 Å². The van der Waals surface area contributed by atoms with Crippen molar-refractivity contribution in [2.45, 2.75) is 126 Å². The maximum absolute atomic E-state index is 3.00. The first-order chi connectivity index (χ1) is 22.7. The number of hydrogen-bond donors (Lipinski definition) is 0. The van der Waals surface area contributed by atoms with Crippen molar-refractivity contribution in [2.24, 2.45) is 0 Å². The third-order valence-corrected chi connectivity index (χ3v) is 8.75. The molecule has 1 heterocycles. The van der Waals surface area contributed by atoms with Gasteiger partial charge in [0, 0.05) is 11.3 Å². The Balaban J connectivity index is 0.00000128. The minimum atomic E-state index is 0.0722. The van der Waals surface area contributed by atoms with Gasteiger partial charge in [0.15, 0.2) is 0 Å². The van der Waals surface area contributed by atoms with Crippen LogP contribution in [-0.4, -0.2) is 6.17 Å². The molecule has 4 aromatic carbocycles. The van der Waals surface area contributed by atoms with Gasteiger partial charge in [0.05, 0.1) is 17.1 Å². The van der Waals surface area contributed by atoms with Crippen LogP contribution in [0.5, 0.6) is 0 Å². The third-order valence-electron chi connectivity index (χ3n) is 8.75. The Morgan fingerprint density at radius 2 is 1.06 bits per heavy atom. The molecule has 2 atom stereocenters. The molecule has 1 aliphatic rings. The Morgan fingerprint density at radius 1 is 0.596 bits per heavy atom. The van der Waals surface area contributed by atoms with Crippen LogP contribution >= 0.6 is 0 Å². The fourth-order valence-corrected chi connectivity index (χ4v) is 6.36. The van der Waals surface area contributed by atoms with Crippen LogP contribution in [0.15, 0.2) is 110 Å². The number of hydrogen-bond acceptors (Lipinski definition) is 2. The van der Waals surface area contributed by atoms with E-state index >= 15 is 0 Å². The summed E-state index contributed by atoms with van der Waals surface area (Å²) in [7, 11) is 0. The minimum absolute atomic E-state index is 0.0722. The summed E-state index contributed by atoms with van der Waals surface area (Å²) in [6, 6.07) is 35.9. The summed E-state index contributed by atoms with van der Waals surface area (Å²) in [5.74, 6) is 0. The number of fused-ring (bicyclic) bond motifs is 1. The van der Waals surface area contributed by atoms with Gasteiger partial charge in [-0.3, -0.25) is 0 Å². The van der Waals surface area contributed by atoms with E-state index < -0.39 is 0 Å². The van der Waals surface area contributed by atoms with Crippen molar-refractivity contribution in [3.8, 4) is 11.1 Å². The molecule has 0 bridgehead atoms. The van der Waals surface area contributed by atoms with E-state index in [-0.39, 0.29) is 17.0 Å². The topological polar surface area (TPSA) is 6.48 Å². The lowest BCUT2D eigenvalue weighted by atomic mass is 9.74. The van der Waals surface area contributed by atoms with E-state index in [1.54, 1.807) is 0 Å². The van der Waals surface area contributed by atoms with Gasteiger partial charge in [-0.15, -0.1) is 13.2 Å². The second kappa shape index (κ2) is 19.8. The summed E-state index contributed by atoms with van der Waals surface area (Å²) in [5, 5.41) is 0. The average molecular weight is 635 g/mol. The normalized spacial score (nSPS) is 14.4. The second-order valence-electron chi connectivity index (χ2n) is 12.4. The van der Waals surface area contributed by atoms with Crippen molar-refractivity contribution < 1.29 is 0 Å². The zero-order valence-corrected chi connectivity index (χ0v) is 32.2. The molecule has 2 unspecified atom stereocenters. The van der Waals surface area contributed by atoms with E-state index in [1.807, 2.05) is 41.5 Å². The summed E-state index contributed by atoms with van der Waals surface area (Å²) in [5.41, 5.74) is 10.6. The molecule has 2 nitrogen and oxygen atoms in total. The maximum atomic E-state index is 3.00. The molecular weight excluding hydrogens is 569 g/mol. The van der Waals surface area contributed by atoms with E-state index in [0.29, 0.717) is 0 Å². The molecular formula is C45H66N2. The van der Waals surface area contributed by atoms with E-state index in [2.05, 4.69) is 168 Å². The molecule has 2 heteroatoms. The summed E-state index contributed by atoms with van der Waals surface area (Å²) in [6.45, 7) is 34.4. The molecule has 256 valence electrons. The smallest absolute Gasteiger partial charge is 0.108 e. The lowest BCUT2D eigenvalue weighted by molar-refractivity contribution is 0.413. The fourth-order valence-electron chi connectivity index (χ4n) is 6.36. The lowest BCUT2D eigenvalue weighted by Gasteiger charge is -2.38. The van der Waals surface area contributed by atoms with Crippen molar-refractivity contribution in [3.05, 3.63) is 121 Å². The SMILES string of the molecule is C=C.CC.CC.CC.CCCC(C)(CC)c1ccc(C(C)(C)C)cc1N1c2ccccc2N(c2ccccc2-c2ccccc2)C1C. The summed E-state index contributed by atoms with van der Waals surface area (Å²) < 4.78 is 0. The number of rotatable bonds is 7. The minimum Gasteiger partial charge on any atom is -0.318 e. The van der Waals surface area contributed by atoms with Crippen LogP contribution in [0.4, 0.5) is 22.7 Å². The average Bonchev–Trinajstić information content (AvgIpc) is 3.42. The van der Waals surface area contributed by atoms with E-state index in [0.717, 1.165) is 6.42 Å². The monoisotopic (exact) mass is 635 g/mol. The molecule has 5 rings (SSSR count). The Kier molecular flexibility index (Phi) is 17.4. The first-order valence-electron chi connectivity index (χ1n) is 18.2. The molecule has 0 amide bonds. The highest BCUT2D eigenvalue weighted by Gasteiger charge is 2.39. The van der Waals surface area contributed by atoms with Crippen LogP contribution in [0.25, 0.3) is 11.1 Å². The number of anilines is 4. The van der Waals surface area contributed by atoms with Crippen LogP contribution in [-0.2, 0) is 10.8 Å². The fraction of sp³-hybridized carbons (Fsp3) is 0.422. The molecule has 0 N–H and O–H groups in total. The number of benzene rings is 4. The molecule has 0 aromatic heterocycles. The molecule has 4 aromatic rings. The lowest BCUT2D eigenvalue weighted by Crippen LogP contribution is -2.37. The second-order valence-corrected chi connectivity index (χ2v) is 12.4. The Labute approximate surface area is 290 Å². The maximum Gasteiger partial charge on any atom is 0.108 e. The first kappa shape index (κ1) is 41.2. The number of nitrogens with zero attached hydrogens (tertiary/aromatic N) is 2. The van der Waals surface area contributed by atoms with Gasteiger partial charge in [-0.05, 0) is 71.6 Å². The van der Waals surface area contributed by atoms with Gasteiger partial charge < -0.3 is 9.80 Å². The van der Waals surface area contributed by atoms with Crippen LogP contribution < -0.4 is 9.80 Å². The first-order valence-corrected chi connectivity index (χ1v) is 18.2. The van der Waals surface area contributed by atoms with Crippen molar-refractivity contribution in [1.82, 2.24) is 0 Å². The van der Waals surface area contributed by atoms with Gasteiger partial charge in [-0.1, -0.05) is 162 Å². The quantitative estimate of drug-likeness (QED) is 0.187. The molecule has 0 fully saturated rings. The molecule has 0 aliphatic carbocycles. The van der Waals surface area contributed by atoms with Crippen molar-refractivity contribution in [1.29, 1.82) is 0 Å². The van der Waals surface area contributed by atoms with Gasteiger partial charge >= 0.3 is 0 Å². The van der Waals surface area contributed by atoms with Crippen molar-refractivity contribution in [2.75, 3.05) is 9.80 Å². The Hall–Kier alpha value is -3.78. The Morgan fingerprint density at radius 3 is 1.55 bits per heavy atom. The molecule has 0 saturated carbocycles. The van der Waals surface area contributed by atoms with Crippen LogP contribution in [0.3, 0.4) is 0 Å². The van der Waals surface area contributed by atoms with Crippen LogP contribution in [0, 0.1) is 0 Å². The summed E-state index contributed by atoms with van der Waals surface area (Å²) >= 11 is 0. The number of para-hydroxylation sites is 3. The zero-order chi connectivity index (χ0) is 35.8. The van der Waals surface area contributed by atoms with Crippen molar-refractivity contribution in [3.63, 3.8) is 0 Å². The highest BCUT2D eigenvalue weighted by molar-refractivity contribution is 5.93. The molecule has 0 saturated heterocycles. The predicted molar refractivity (Wildman–Crippen MR) is 215 cm³/mol. The zero-order valence-electron chi connectivity index (χ0n) is 32.2. The highest BCUT2D eigenvalue weighted by Crippen LogP contribution is 2.52. The van der Waals surface area contributed by atoms with Gasteiger partial charge in [0.2, 0.25) is 0 Å².